The summed E-state index contributed by atoms with van der Waals surface area (Å²) >= 11 is 1.28. The van der Waals surface area contributed by atoms with Crippen LogP contribution in [0.25, 0.3) is 0 Å². The first-order valence-electron chi connectivity index (χ1n) is 9.40. The Labute approximate surface area is 177 Å². The standard InChI is InChI=1S/C20H28N4O3S2/c1-6-24(7-2)29(26,27)18-12-13-19(21-14-18)28-15(3)20(25)22-16-8-10-17(11-9-16)23(4)5/h8-15H,6-7H2,1-5H3,(H,22,25)/t15-/m1/s1. The predicted molar refractivity (Wildman–Crippen MR) is 119 cm³/mol. The lowest BCUT2D eigenvalue weighted by molar-refractivity contribution is -0.115. The summed E-state index contributed by atoms with van der Waals surface area (Å²) < 4.78 is 26.4. The maximum Gasteiger partial charge on any atom is 0.244 e. The Balaban J connectivity index is 2.01. The fourth-order valence-electron chi connectivity index (χ4n) is 2.62. The van der Waals surface area contributed by atoms with Crippen LogP contribution in [0.1, 0.15) is 20.8 Å². The number of aromatic nitrogens is 1. The van der Waals surface area contributed by atoms with Gasteiger partial charge in [0, 0.05) is 44.8 Å². The van der Waals surface area contributed by atoms with Crippen LogP contribution in [-0.2, 0) is 14.8 Å². The van der Waals surface area contributed by atoms with Crippen LogP contribution in [0.15, 0.2) is 52.5 Å². The van der Waals surface area contributed by atoms with E-state index in [-0.39, 0.29) is 16.1 Å². The second-order valence-corrected chi connectivity index (χ2v) is 9.91. The number of amides is 1. The molecule has 1 N–H and O–H groups in total. The topological polar surface area (TPSA) is 82.6 Å². The molecule has 0 aliphatic heterocycles. The zero-order valence-electron chi connectivity index (χ0n) is 17.4. The highest BCUT2D eigenvalue weighted by molar-refractivity contribution is 8.00. The minimum Gasteiger partial charge on any atom is -0.378 e. The highest BCUT2D eigenvalue weighted by atomic mass is 32.2. The molecule has 0 fully saturated rings. The molecule has 1 aromatic carbocycles. The summed E-state index contributed by atoms with van der Waals surface area (Å²) in [4.78, 5) is 18.8. The number of hydrogen-bond acceptors (Lipinski definition) is 6. The lowest BCUT2D eigenvalue weighted by Crippen LogP contribution is -2.30. The molecule has 29 heavy (non-hydrogen) atoms. The van der Waals surface area contributed by atoms with E-state index in [9.17, 15) is 13.2 Å². The molecule has 1 aromatic heterocycles. The molecule has 1 amide bonds. The van der Waals surface area contributed by atoms with E-state index in [0.717, 1.165) is 11.4 Å². The first-order valence-corrected chi connectivity index (χ1v) is 11.7. The Kier molecular flexibility index (Phi) is 8.06. The van der Waals surface area contributed by atoms with Gasteiger partial charge in [-0.25, -0.2) is 13.4 Å². The van der Waals surface area contributed by atoms with Gasteiger partial charge >= 0.3 is 0 Å². The van der Waals surface area contributed by atoms with Crippen LogP contribution in [0.4, 0.5) is 11.4 Å². The van der Waals surface area contributed by atoms with Crippen molar-refractivity contribution >= 4 is 39.1 Å². The minimum absolute atomic E-state index is 0.144. The summed E-state index contributed by atoms with van der Waals surface area (Å²) in [7, 11) is 0.378. The molecule has 158 valence electrons. The molecule has 0 radical (unpaired) electrons. The minimum atomic E-state index is -3.53. The Morgan fingerprint density at radius 1 is 1.10 bits per heavy atom. The summed E-state index contributed by atoms with van der Waals surface area (Å²) in [6.45, 7) is 6.20. The van der Waals surface area contributed by atoms with Gasteiger partial charge in [0.25, 0.3) is 0 Å². The predicted octanol–water partition coefficient (Wildman–Crippen LogP) is 3.30. The van der Waals surface area contributed by atoms with Gasteiger partial charge in [-0.3, -0.25) is 4.79 Å². The van der Waals surface area contributed by atoms with Crippen molar-refractivity contribution in [3.63, 3.8) is 0 Å². The highest BCUT2D eigenvalue weighted by Crippen LogP contribution is 2.24. The van der Waals surface area contributed by atoms with Gasteiger partial charge in [-0.1, -0.05) is 25.6 Å². The number of rotatable bonds is 9. The first-order chi connectivity index (χ1) is 13.7. The van der Waals surface area contributed by atoms with E-state index >= 15 is 0 Å². The van der Waals surface area contributed by atoms with Gasteiger partial charge in [0.15, 0.2) is 0 Å². The van der Waals surface area contributed by atoms with Crippen molar-refractivity contribution in [1.82, 2.24) is 9.29 Å². The van der Waals surface area contributed by atoms with Crippen LogP contribution in [0, 0.1) is 0 Å². The third kappa shape index (κ3) is 5.94. The van der Waals surface area contributed by atoms with Crippen LogP contribution < -0.4 is 10.2 Å². The fraction of sp³-hybridized carbons (Fsp3) is 0.400. The molecule has 0 spiro atoms. The molecule has 2 aromatic rings. The van der Waals surface area contributed by atoms with Gasteiger partial charge in [0.1, 0.15) is 4.90 Å². The average molecular weight is 437 g/mol. The van der Waals surface area contributed by atoms with Crippen LogP contribution in [0.5, 0.6) is 0 Å². The number of benzene rings is 1. The zero-order valence-corrected chi connectivity index (χ0v) is 19.0. The average Bonchev–Trinajstić information content (AvgIpc) is 2.69. The number of sulfonamides is 1. The zero-order chi connectivity index (χ0) is 21.6. The molecular formula is C20H28N4O3S2. The van der Waals surface area contributed by atoms with Crippen molar-refractivity contribution in [3.8, 4) is 0 Å². The van der Waals surface area contributed by atoms with E-state index in [0.29, 0.717) is 18.1 Å². The van der Waals surface area contributed by atoms with Crippen LogP contribution in [0.2, 0.25) is 0 Å². The first kappa shape index (κ1) is 23.2. The highest BCUT2D eigenvalue weighted by Gasteiger charge is 2.22. The maximum absolute atomic E-state index is 12.5. The molecule has 0 saturated heterocycles. The molecule has 0 aliphatic rings. The third-order valence-corrected chi connectivity index (χ3v) is 7.45. The van der Waals surface area contributed by atoms with E-state index in [1.807, 2.05) is 43.3 Å². The number of nitrogens with one attached hydrogen (secondary N) is 1. The number of thioether (sulfide) groups is 1. The van der Waals surface area contributed by atoms with E-state index in [2.05, 4.69) is 10.3 Å². The molecule has 0 aliphatic carbocycles. The Hall–Kier alpha value is -2.10. The molecule has 2 rings (SSSR count). The van der Waals surface area contributed by atoms with Gasteiger partial charge in [-0.2, -0.15) is 4.31 Å². The van der Waals surface area contributed by atoms with Gasteiger partial charge < -0.3 is 10.2 Å². The van der Waals surface area contributed by atoms with Crippen LogP contribution in [0.3, 0.4) is 0 Å². The molecule has 7 nitrogen and oxygen atoms in total. The number of carbonyl (C=O) groups excluding carboxylic acids is 1. The van der Waals surface area contributed by atoms with Gasteiger partial charge in [-0.05, 0) is 43.3 Å². The van der Waals surface area contributed by atoms with Crippen molar-refractivity contribution in [2.45, 2.75) is 35.9 Å². The largest absolute Gasteiger partial charge is 0.378 e. The molecule has 0 bridgehead atoms. The van der Waals surface area contributed by atoms with Gasteiger partial charge in [0.2, 0.25) is 15.9 Å². The van der Waals surface area contributed by atoms with E-state index < -0.39 is 10.0 Å². The number of carbonyl (C=O) groups is 1. The normalized spacial score (nSPS) is 12.6. The van der Waals surface area contributed by atoms with Gasteiger partial charge in [0.05, 0.1) is 10.3 Å². The summed E-state index contributed by atoms with van der Waals surface area (Å²) in [5, 5.41) is 3.09. The summed E-state index contributed by atoms with van der Waals surface area (Å²) in [6, 6.07) is 10.8. The monoisotopic (exact) mass is 436 g/mol. The van der Waals surface area contributed by atoms with Crippen LogP contribution >= 0.6 is 11.8 Å². The maximum atomic E-state index is 12.5. The summed E-state index contributed by atoms with van der Waals surface area (Å²) in [5.41, 5.74) is 1.77. The molecule has 9 heteroatoms. The Morgan fingerprint density at radius 2 is 1.72 bits per heavy atom. The van der Waals surface area contributed by atoms with Crippen molar-refractivity contribution in [3.05, 3.63) is 42.6 Å². The fourth-order valence-corrected chi connectivity index (χ4v) is 4.82. The molecule has 0 saturated carbocycles. The second-order valence-electron chi connectivity index (χ2n) is 6.61. The number of nitrogens with zero attached hydrogens (tertiary/aromatic N) is 3. The van der Waals surface area contributed by atoms with Gasteiger partial charge in [-0.15, -0.1) is 0 Å². The van der Waals surface area contributed by atoms with Crippen molar-refractivity contribution < 1.29 is 13.2 Å². The second kappa shape index (κ2) is 10.1. The summed E-state index contributed by atoms with van der Waals surface area (Å²) in [5.74, 6) is -0.144. The van der Waals surface area contributed by atoms with E-state index in [1.165, 1.54) is 28.3 Å². The number of anilines is 2. The van der Waals surface area contributed by atoms with E-state index in [1.54, 1.807) is 26.8 Å². The molecule has 1 atom stereocenters. The molecule has 0 unspecified atom stereocenters. The lowest BCUT2D eigenvalue weighted by Gasteiger charge is -2.18. The number of pyridine rings is 1. The quantitative estimate of drug-likeness (QED) is 0.608. The van der Waals surface area contributed by atoms with Crippen molar-refractivity contribution in [2.24, 2.45) is 0 Å². The Bertz CT molecular complexity index is 910. The van der Waals surface area contributed by atoms with Crippen LogP contribution in [-0.4, -0.2) is 56.0 Å². The SMILES string of the molecule is CCN(CC)S(=O)(=O)c1ccc(S[C@H](C)C(=O)Nc2ccc(N(C)C)cc2)nc1. The molecular weight excluding hydrogens is 408 g/mol. The smallest absolute Gasteiger partial charge is 0.244 e. The summed E-state index contributed by atoms with van der Waals surface area (Å²) in [6.07, 6.45) is 1.35. The molecule has 1 heterocycles. The van der Waals surface area contributed by atoms with Crippen molar-refractivity contribution in [1.29, 1.82) is 0 Å². The van der Waals surface area contributed by atoms with Crippen molar-refractivity contribution in [2.75, 3.05) is 37.4 Å². The lowest BCUT2D eigenvalue weighted by atomic mass is 10.2. The van der Waals surface area contributed by atoms with E-state index in [4.69, 9.17) is 0 Å². The third-order valence-electron chi connectivity index (χ3n) is 4.37. The Morgan fingerprint density at radius 3 is 2.21 bits per heavy atom. The number of hydrogen-bond donors (Lipinski definition) is 1.